The fourth-order valence-electron chi connectivity index (χ4n) is 1.65. The number of rotatable bonds is 7. The molecule has 2 aromatic rings. The average molecular weight is 266 g/mol. The molecule has 2 heterocycles. The van der Waals surface area contributed by atoms with E-state index in [-0.39, 0.29) is 6.42 Å². The molecule has 0 aliphatic rings. The third kappa shape index (κ3) is 3.63. The maximum atomic E-state index is 10.5. The van der Waals surface area contributed by atoms with Gasteiger partial charge in [-0.25, -0.2) is 4.68 Å². The minimum atomic E-state index is -0.838. The van der Waals surface area contributed by atoms with Crippen LogP contribution in [-0.4, -0.2) is 31.3 Å². The summed E-state index contributed by atoms with van der Waals surface area (Å²) in [5.41, 5.74) is 0. The van der Waals surface area contributed by atoms with E-state index in [0.29, 0.717) is 6.54 Å². The topological polar surface area (TPSA) is 80.9 Å². The third-order valence-corrected chi connectivity index (χ3v) is 3.48. The van der Waals surface area contributed by atoms with Crippen LogP contribution in [0.3, 0.4) is 0 Å². The first-order chi connectivity index (χ1) is 8.75. The second-order valence-electron chi connectivity index (χ2n) is 3.89. The number of carbonyl (C=O) groups is 1. The summed E-state index contributed by atoms with van der Waals surface area (Å²) in [5.74, 6) is -0.0807. The summed E-state index contributed by atoms with van der Waals surface area (Å²) < 4.78 is 1.57. The summed E-state index contributed by atoms with van der Waals surface area (Å²) in [5, 5.41) is 22.0. The number of aliphatic carboxylic acids is 1. The van der Waals surface area contributed by atoms with E-state index in [1.807, 2.05) is 6.07 Å². The summed E-state index contributed by atoms with van der Waals surface area (Å²) in [6, 6.07) is 4.15. The van der Waals surface area contributed by atoms with Crippen molar-refractivity contribution in [3.05, 3.63) is 28.2 Å². The van der Waals surface area contributed by atoms with Gasteiger partial charge in [0.15, 0.2) is 5.82 Å². The van der Waals surface area contributed by atoms with Gasteiger partial charge in [-0.3, -0.25) is 4.79 Å². The number of aryl methyl sites for hydroxylation is 3. The van der Waals surface area contributed by atoms with Crippen LogP contribution >= 0.6 is 11.3 Å². The molecule has 0 aliphatic carbocycles. The van der Waals surface area contributed by atoms with E-state index in [0.717, 1.165) is 25.1 Å². The van der Waals surface area contributed by atoms with Crippen molar-refractivity contribution in [2.45, 2.75) is 32.2 Å². The number of hydrogen-bond donors (Lipinski definition) is 1. The Bertz CT molecular complexity index is 495. The molecule has 2 rings (SSSR count). The lowest BCUT2D eigenvalue weighted by Crippen LogP contribution is -2.10. The highest BCUT2D eigenvalue weighted by Crippen LogP contribution is 2.12. The van der Waals surface area contributed by atoms with Gasteiger partial charge in [-0.05, 0) is 34.7 Å². The first-order valence-corrected chi connectivity index (χ1v) is 6.63. The first kappa shape index (κ1) is 12.7. The molecule has 0 saturated heterocycles. The Morgan fingerprint density at radius 2 is 2.33 bits per heavy atom. The maximum absolute atomic E-state index is 10.5. The van der Waals surface area contributed by atoms with Gasteiger partial charge in [0.1, 0.15) is 0 Å². The molecule has 1 N–H and O–H groups in total. The van der Waals surface area contributed by atoms with E-state index in [4.69, 9.17) is 5.11 Å². The van der Waals surface area contributed by atoms with Crippen LogP contribution in [0.2, 0.25) is 0 Å². The Labute approximate surface area is 108 Å². The van der Waals surface area contributed by atoms with Crippen molar-refractivity contribution in [1.82, 2.24) is 20.2 Å². The zero-order valence-electron chi connectivity index (χ0n) is 9.82. The van der Waals surface area contributed by atoms with Gasteiger partial charge in [-0.15, -0.1) is 16.4 Å². The molecule has 7 heteroatoms. The van der Waals surface area contributed by atoms with E-state index in [1.165, 1.54) is 4.88 Å². The molecule has 0 fully saturated rings. The summed E-state index contributed by atoms with van der Waals surface area (Å²) in [4.78, 5) is 11.8. The van der Waals surface area contributed by atoms with Gasteiger partial charge in [0, 0.05) is 11.3 Å². The van der Waals surface area contributed by atoms with Gasteiger partial charge in [-0.1, -0.05) is 6.07 Å². The van der Waals surface area contributed by atoms with E-state index in [1.54, 1.807) is 16.0 Å². The minimum Gasteiger partial charge on any atom is -0.481 e. The number of carboxylic acid groups (broad SMARTS) is 1. The van der Waals surface area contributed by atoms with Gasteiger partial charge in [0.05, 0.1) is 13.0 Å². The summed E-state index contributed by atoms with van der Waals surface area (Å²) in [6.45, 7) is 0.330. The quantitative estimate of drug-likeness (QED) is 0.819. The van der Waals surface area contributed by atoms with Crippen molar-refractivity contribution in [3.63, 3.8) is 0 Å². The van der Waals surface area contributed by atoms with Crippen molar-refractivity contribution in [1.29, 1.82) is 0 Å². The molecule has 0 amide bonds. The fraction of sp³-hybridized carbons (Fsp3) is 0.455. The fourth-order valence-corrected chi connectivity index (χ4v) is 2.40. The van der Waals surface area contributed by atoms with Crippen LogP contribution < -0.4 is 0 Å². The molecule has 0 saturated carbocycles. The van der Waals surface area contributed by atoms with Gasteiger partial charge in [0.25, 0.3) is 0 Å². The standard InChI is InChI=1S/C11H14N4O2S/c16-11(17)6-7-15-10(12-13-14-15)5-1-3-9-4-2-8-18-9/h2,4,8H,1,3,5-7H2,(H,16,17). The second kappa shape index (κ2) is 6.25. The largest absolute Gasteiger partial charge is 0.481 e. The zero-order valence-corrected chi connectivity index (χ0v) is 10.6. The van der Waals surface area contributed by atoms with Crippen LogP contribution in [0.25, 0.3) is 0 Å². The lowest BCUT2D eigenvalue weighted by Gasteiger charge is -2.02. The van der Waals surface area contributed by atoms with Gasteiger partial charge >= 0.3 is 5.97 Å². The SMILES string of the molecule is O=C(O)CCn1nnnc1CCCc1cccs1. The predicted octanol–water partition coefficient (Wildman–Crippen LogP) is 1.38. The molecule has 96 valence electrons. The number of aromatic nitrogens is 4. The zero-order chi connectivity index (χ0) is 12.8. The smallest absolute Gasteiger partial charge is 0.305 e. The van der Waals surface area contributed by atoms with Crippen LogP contribution in [0.15, 0.2) is 17.5 Å². The summed E-state index contributed by atoms with van der Waals surface area (Å²) in [6.07, 6.45) is 2.78. The number of carboxylic acids is 1. The number of hydrogen-bond acceptors (Lipinski definition) is 5. The third-order valence-electron chi connectivity index (χ3n) is 2.55. The van der Waals surface area contributed by atoms with Crippen LogP contribution in [0, 0.1) is 0 Å². The van der Waals surface area contributed by atoms with Crippen molar-refractivity contribution in [2.24, 2.45) is 0 Å². The molecule has 0 bridgehead atoms. The molecule has 6 nitrogen and oxygen atoms in total. The van der Waals surface area contributed by atoms with Gasteiger partial charge < -0.3 is 5.11 Å². The predicted molar refractivity (Wildman–Crippen MR) is 66.4 cm³/mol. The lowest BCUT2D eigenvalue weighted by atomic mass is 10.2. The van der Waals surface area contributed by atoms with Crippen LogP contribution in [0.5, 0.6) is 0 Å². The molecule has 0 spiro atoms. The second-order valence-corrected chi connectivity index (χ2v) is 4.93. The molecule has 2 aromatic heterocycles. The number of tetrazole rings is 1. The minimum absolute atomic E-state index is 0.0446. The molecule has 0 aromatic carbocycles. The Morgan fingerprint density at radius 3 is 3.06 bits per heavy atom. The maximum Gasteiger partial charge on any atom is 0.305 e. The van der Waals surface area contributed by atoms with Gasteiger partial charge in [-0.2, -0.15) is 0 Å². The summed E-state index contributed by atoms with van der Waals surface area (Å²) in [7, 11) is 0. The van der Waals surface area contributed by atoms with Crippen LogP contribution in [0.4, 0.5) is 0 Å². The normalized spacial score (nSPS) is 10.7. The van der Waals surface area contributed by atoms with E-state index in [2.05, 4.69) is 27.0 Å². The van der Waals surface area contributed by atoms with Crippen molar-refractivity contribution < 1.29 is 9.90 Å². The highest BCUT2D eigenvalue weighted by molar-refractivity contribution is 7.09. The number of thiophene rings is 1. The van der Waals surface area contributed by atoms with Crippen molar-refractivity contribution in [2.75, 3.05) is 0 Å². The first-order valence-electron chi connectivity index (χ1n) is 5.75. The van der Waals surface area contributed by atoms with E-state index < -0.39 is 5.97 Å². The van der Waals surface area contributed by atoms with Gasteiger partial charge in [0.2, 0.25) is 0 Å². The molecular formula is C11H14N4O2S. The molecule has 0 aliphatic heterocycles. The molecule has 0 unspecified atom stereocenters. The van der Waals surface area contributed by atoms with E-state index in [9.17, 15) is 4.79 Å². The highest BCUT2D eigenvalue weighted by Gasteiger charge is 2.07. The van der Waals surface area contributed by atoms with Crippen molar-refractivity contribution >= 4 is 17.3 Å². The van der Waals surface area contributed by atoms with Crippen molar-refractivity contribution in [3.8, 4) is 0 Å². The molecule has 18 heavy (non-hydrogen) atoms. The van der Waals surface area contributed by atoms with Crippen LogP contribution in [0.1, 0.15) is 23.5 Å². The van der Waals surface area contributed by atoms with E-state index >= 15 is 0 Å². The highest BCUT2D eigenvalue weighted by atomic mass is 32.1. The molecule has 0 radical (unpaired) electrons. The average Bonchev–Trinajstić information content (AvgIpc) is 2.97. The molecule has 0 atom stereocenters. The Hall–Kier alpha value is -1.76. The number of nitrogens with zero attached hydrogens (tertiary/aromatic N) is 4. The Balaban J connectivity index is 1.82. The lowest BCUT2D eigenvalue weighted by molar-refractivity contribution is -0.137. The monoisotopic (exact) mass is 266 g/mol. The van der Waals surface area contributed by atoms with Crippen LogP contribution in [-0.2, 0) is 24.2 Å². The summed E-state index contributed by atoms with van der Waals surface area (Å²) >= 11 is 1.74. The Morgan fingerprint density at radius 1 is 1.44 bits per heavy atom. The Kier molecular flexibility index (Phi) is 4.40. The molecular weight excluding hydrogens is 252 g/mol.